The molecule has 0 aromatic rings. The van der Waals surface area contributed by atoms with E-state index in [1.54, 1.807) is 0 Å². The molecule has 0 aromatic heterocycles. The second-order valence-electron chi connectivity index (χ2n) is 6.16. The Balaban J connectivity index is 1.92. The van der Waals surface area contributed by atoms with Crippen LogP contribution in [0.25, 0.3) is 0 Å². The van der Waals surface area contributed by atoms with Gasteiger partial charge in [0.25, 0.3) is 0 Å². The van der Waals surface area contributed by atoms with Gasteiger partial charge in [-0.25, -0.2) is 0 Å². The second kappa shape index (κ2) is 3.96. The van der Waals surface area contributed by atoms with E-state index in [1.807, 2.05) is 0 Å². The minimum absolute atomic E-state index is 0.431. The van der Waals surface area contributed by atoms with Gasteiger partial charge in [0, 0.05) is 19.6 Å². The number of ether oxygens (including phenoxy) is 1. The molecule has 2 bridgehead atoms. The van der Waals surface area contributed by atoms with Gasteiger partial charge >= 0.3 is 0 Å². The van der Waals surface area contributed by atoms with Crippen molar-refractivity contribution in [1.82, 2.24) is 0 Å². The maximum absolute atomic E-state index is 11.0. The monoisotopic (exact) mass is 235 g/mol. The minimum Gasteiger partial charge on any atom is -0.388 e. The van der Waals surface area contributed by atoms with Crippen LogP contribution in [0.2, 0.25) is 0 Å². The molecule has 3 rings (SSSR count). The molecule has 1 aliphatic heterocycles. The fraction of sp³-hybridized carbons (Fsp3) is 0.929. The summed E-state index contributed by atoms with van der Waals surface area (Å²) in [6.45, 7) is 1.34. The van der Waals surface area contributed by atoms with E-state index in [0.29, 0.717) is 24.9 Å². The van der Waals surface area contributed by atoms with Crippen LogP contribution in [0.4, 0.5) is 0 Å². The second-order valence-corrected chi connectivity index (χ2v) is 6.16. The topological polar surface area (TPSA) is 53.2 Å². The van der Waals surface area contributed by atoms with Gasteiger partial charge in [0.05, 0.1) is 17.1 Å². The lowest BCUT2D eigenvalue weighted by Crippen LogP contribution is -2.51. The van der Waals surface area contributed by atoms with Crippen LogP contribution < -0.4 is 0 Å². The largest absolute Gasteiger partial charge is 0.388 e. The first-order valence-corrected chi connectivity index (χ1v) is 6.92. The van der Waals surface area contributed by atoms with Crippen LogP contribution in [-0.4, -0.2) is 23.9 Å². The molecule has 3 heteroatoms. The molecular formula is C14H21NO2. The van der Waals surface area contributed by atoms with Crippen LogP contribution in [0.1, 0.15) is 44.9 Å². The number of hydrogen-bond donors (Lipinski definition) is 1. The van der Waals surface area contributed by atoms with Gasteiger partial charge in [-0.3, -0.25) is 0 Å². The van der Waals surface area contributed by atoms with Crippen molar-refractivity contribution < 1.29 is 9.84 Å². The SMILES string of the molecule is N#CC1(C2(O)CCCOCC2)CC2CCC1C2. The van der Waals surface area contributed by atoms with Crippen molar-refractivity contribution in [2.24, 2.45) is 17.3 Å². The molecular weight excluding hydrogens is 214 g/mol. The van der Waals surface area contributed by atoms with Gasteiger partial charge in [0.15, 0.2) is 0 Å². The first-order chi connectivity index (χ1) is 8.20. The molecule has 94 valence electrons. The number of nitrogens with zero attached hydrogens (tertiary/aromatic N) is 1. The molecule has 1 heterocycles. The van der Waals surface area contributed by atoms with Crippen molar-refractivity contribution >= 4 is 0 Å². The Hall–Kier alpha value is -0.590. The quantitative estimate of drug-likeness (QED) is 0.758. The maximum atomic E-state index is 11.0. The van der Waals surface area contributed by atoms with Crippen LogP contribution in [0, 0.1) is 28.6 Å². The summed E-state index contributed by atoms with van der Waals surface area (Å²) in [6.07, 6.45) is 6.76. The fourth-order valence-electron chi connectivity index (χ4n) is 4.52. The highest BCUT2D eigenvalue weighted by atomic mass is 16.5. The van der Waals surface area contributed by atoms with Crippen molar-refractivity contribution in [3.63, 3.8) is 0 Å². The molecule has 4 atom stereocenters. The smallest absolute Gasteiger partial charge is 0.0891 e. The molecule has 0 radical (unpaired) electrons. The Bertz CT molecular complexity index is 341. The van der Waals surface area contributed by atoms with Gasteiger partial charge in [0.1, 0.15) is 0 Å². The predicted molar refractivity (Wildman–Crippen MR) is 63.1 cm³/mol. The summed E-state index contributed by atoms with van der Waals surface area (Å²) in [6, 6.07) is 2.54. The van der Waals surface area contributed by atoms with E-state index >= 15 is 0 Å². The van der Waals surface area contributed by atoms with Crippen molar-refractivity contribution in [1.29, 1.82) is 5.26 Å². The normalized spacial score (nSPS) is 49.9. The van der Waals surface area contributed by atoms with Gasteiger partial charge in [-0.2, -0.15) is 5.26 Å². The summed E-state index contributed by atoms with van der Waals surface area (Å²) in [5.74, 6) is 1.12. The summed E-state index contributed by atoms with van der Waals surface area (Å²) in [4.78, 5) is 0. The molecule has 2 aliphatic carbocycles. The van der Waals surface area contributed by atoms with E-state index in [9.17, 15) is 10.4 Å². The maximum Gasteiger partial charge on any atom is 0.0891 e. The van der Waals surface area contributed by atoms with Crippen LogP contribution in [0.5, 0.6) is 0 Å². The molecule has 17 heavy (non-hydrogen) atoms. The lowest BCUT2D eigenvalue weighted by Gasteiger charge is -2.45. The van der Waals surface area contributed by atoms with Gasteiger partial charge in [-0.05, 0) is 43.9 Å². The molecule has 1 saturated heterocycles. The number of fused-ring (bicyclic) bond motifs is 2. The van der Waals surface area contributed by atoms with Crippen LogP contribution in [-0.2, 0) is 4.74 Å². The molecule has 0 spiro atoms. The molecule has 3 nitrogen and oxygen atoms in total. The van der Waals surface area contributed by atoms with Crippen molar-refractivity contribution in [2.45, 2.75) is 50.5 Å². The highest BCUT2D eigenvalue weighted by Gasteiger charge is 2.61. The van der Waals surface area contributed by atoms with Crippen molar-refractivity contribution in [3.05, 3.63) is 0 Å². The predicted octanol–water partition coefficient (Wildman–Crippen LogP) is 2.25. The zero-order valence-electron chi connectivity index (χ0n) is 10.3. The van der Waals surface area contributed by atoms with Crippen LogP contribution in [0.3, 0.4) is 0 Å². The Morgan fingerprint density at radius 2 is 2.12 bits per heavy atom. The van der Waals surface area contributed by atoms with Gasteiger partial charge < -0.3 is 9.84 Å². The molecule has 4 unspecified atom stereocenters. The lowest BCUT2D eigenvalue weighted by molar-refractivity contribution is -0.0938. The average molecular weight is 235 g/mol. The molecule has 3 aliphatic rings. The minimum atomic E-state index is -0.794. The third kappa shape index (κ3) is 1.54. The van der Waals surface area contributed by atoms with E-state index < -0.39 is 11.0 Å². The van der Waals surface area contributed by atoms with Gasteiger partial charge in [-0.1, -0.05) is 6.42 Å². The van der Waals surface area contributed by atoms with E-state index in [1.165, 1.54) is 6.42 Å². The zero-order valence-corrected chi connectivity index (χ0v) is 10.3. The standard InChI is InChI=1S/C14H21NO2/c15-10-13(9-11-2-3-12(13)8-11)14(16)4-1-6-17-7-5-14/h11-12,16H,1-9H2. The van der Waals surface area contributed by atoms with E-state index in [2.05, 4.69) is 6.07 Å². The van der Waals surface area contributed by atoms with Crippen molar-refractivity contribution in [2.75, 3.05) is 13.2 Å². The Labute approximate surface area is 103 Å². The van der Waals surface area contributed by atoms with Gasteiger partial charge in [0.2, 0.25) is 0 Å². The Morgan fingerprint density at radius 1 is 1.24 bits per heavy atom. The first kappa shape index (κ1) is 11.5. The summed E-state index contributed by atoms with van der Waals surface area (Å²) < 4.78 is 5.45. The Morgan fingerprint density at radius 3 is 2.76 bits per heavy atom. The summed E-state index contributed by atoms with van der Waals surface area (Å²) in [7, 11) is 0. The zero-order chi connectivity index (χ0) is 11.9. The molecule has 0 amide bonds. The van der Waals surface area contributed by atoms with E-state index in [-0.39, 0.29) is 0 Å². The van der Waals surface area contributed by atoms with Crippen LogP contribution >= 0.6 is 0 Å². The third-order valence-electron chi connectivity index (χ3n) is 5.42. The summed E-state index contributed by atoms with van der Waals surface area (Å²) in [5.41, 5.74) is -1.26. The molecule has 3 fully saturated rings. The third-order valence-corrected chi connectivity index (χ3v) is 5.42. The van der Waals surface area contributed by atoms with Crippen molar-refractivity contribution in [3.8, 4) is 6.07 Å². The van der Waals surface area contributed by atoms with Crippen LogP contribution in [0.15, 0.2) is 0 Å². The Kier molecular flexibility index (Phi) is 2.68. The highest BCUT2D eigenvalue weighted by Crippen LogP contribution is 2.62. The molecule has 0 aromatic carbocycles. The number of nitriles is 1. The lowest BCUT2D eigenvalue weighted by atomic mass is 9.61. The summed E-state index contributed by atoms with van der Waals surface area (Å²) >= 11 is 0. The molecule has 2 saturated carbocycles. The van der Waals surface area contributed by atoms with Gasteiger partial charge in [-0.15, -0.1) is 0 Å². The van der Waals surface area contributed by atoms with E-state index in [4.69, 9.17) is 4.74 Å². The fourth-order valence-corrected chi connectivity index (χ4v) is 4.52. The number of aliphatic hydroxyl groups is 1. The summed E-state index contributed by atoms with van der Waals surface area (Å²) in [5, 5.41) is 20.7. The first-order valence-electron chi connectivity index (χ1n) is 6.92. The molecule has 1 N–H and O–H groups in total. The number of rotatable bonds is 1. The average Bonchev–Trinajstić information content (AvgIpc) is 2.87. The highest BCUT2D eigenvalue weighted by molar-refractivity contribution is 5.20. The number of hydrogen-bond acceptors (Lipinski definition) is 3. The van der Waals surface area contributed by atoms with E-state index in [0.717, 1.165) is 38.7 Å².